The van der Waals surface area contributed by atoms with Crippen molar-refractivity contribution in [1.29, 1.82) is 0 Å². The third-order valence-electron chi connectivity index (χ3n) is 2.83. The van der Waals surface area contributed by atoms with E-state index >= 15 is 0 Å². The molecule has 0 aliphatic rings. The standard InChI is InChI=1S/C13H12ClNO4S2/c1-9-10(14)4-2-5-11(9)15(8-12(16)17)21(18,19)13-6-3-7-20-13/h2-7H,8H2,1H3,(H,16,17). The second-order valence-corrected chi connectivity index (χ2v) is 7.67. The molecule has 0 bridgehead atoms. The lowest BCUT2D eigenvalue weighted by atomic mass is 10.2. The van der Waals surface area contributed by atoms with Crippen LogP contribution >= 0.6 is 22.9 Å². The van der Waals surface area contributed by atoms with E-state index in [1.165, 1.54) is 12.1 Å². The summed E-state index contributed by atoms with van der Waals surface area (Å²) in [5.74, 6) is -1.24. The summed E-state index contributed by atoms with van der Waals surface area (Å²) in [5.41, 5.74) is 0.777. The van der Waals surface area contributed by atoms with Gasteiger partial charge in [0.25, 0.3) is 10.0 Å². The van der Waals surface area contributed by atoms with Gasteiger partial charge in [-0.15, -0.1) is 11.3 Å². The van der Waals surface area contributed by atoms with Gasteiger partial charge in [-0.3, -0.25) is 9.10 Å². The number of halogens is 1. The normalized spacial score (nSPS) is 11.3. The molecule has 0 saturated heterocycles. The lowest BCUT2D eigenvalue weighted by Gasteiger charge is -2.24. The summed E-state index contributed by atoms with van der Waals surface area (Å²) in [7, 11) is -3.93. The number of carbonyl (C=O) groups is 1. The second kappa shape index (κ2) is 6.05. The molecular weight excluding hydrogens is 334 g/mol. The molecule has 0 amide bonds. The number of anilines is 1. The van der Waals surface area contributed by atoms with Gasteiger partial charge in [-0.05, 0) is 36.1 Å². The van der Waals surface area contributed by atoms with Crippen LogP contribution in [0.25, 0.3) is 0 Å². The first-order valence-corrected chi connectivity index (χ1v) is 8.57. The van der Waals surface area contributed by atoms with Crippen molar-refractivity contribution in [3.63, 3.8) is 0 Å². The summed E-state index contributed by atoms with van der Waals surface area (Å²) < 4.78 is 26.2. The molecule has 0 atom stereocenters. The van der Waals surface area contributed by atoms with Gasteiger partial charge in [-0.25, -0.2) is 8.42 Å². The molecule has 1 aromatic carbocycles. The number of rotatable bonds is 5. The Morgan fingerprint density at radius 3 is 2.62 bits per heavy atom. The number of nitrogens with zero attached hydrogens (tertiary/aromatic N) is 1. The maximum atomic E-state index is 12.6. The average molecular weight is 346 g/mol. The third-order valence-corrected chi connectivity index (χ3v) is 6.37. The van der Waals surface area contributed by atoms with Crippen molar-refractivity contribution in [3.8, 4) is 0 Å². The van der Waals surface area contributed by atoms with E-state index in [0.717, 1.165) is 15.6 Å². The largest absolute Gasteiger partial charge is 0.480 e. The summed E-state index contributed by atoms with van der Waals surface area (Å²) in [6.45, 7) is 0.984. The van der Waals surface area contributed by atoms with E-state index in [0.29, 0.717) is 10.6 Å². The van der Waals surface area contributed by atoms with Gasteiger partial charge in [-0.2, -0.15) is 0 Å². The number of hydrogen-bond donors (Lipinski definition) is 1. The van der Waals surface area contributed by atoms with E-state index in [2.05, 4.69) is 0 Å². The molecule has 0 unspecified atom stereocenters. The second-order valence-electron chi connectivity index (χ2n) is 4.22. The fourth-order valence-corrected chi connectivity index (χ4v) is 4.55. The summed E-state index contributed by atoms with van der Waals surface area (Å²) in [6, 6.07) is 7.78. The van der Waals surface area contributed by atoms with Gasteiger partial charge in [0.1, 0.15) is 10.8 Å². The van der Waals surface area contributed by atoms with Gasteiger partial charge in [0, 0.05) is 5.02 Å². The van der Waals surface area contributed by atoms with Crippen LogP contribution in [-0.4, -0.2) is 26.0 Å². The molecule has 0 spiro atoms. The fraction of sp³-hybridized carbons (Fsp3) is 0.154. The highest BCUT2D eigenvalue weighted by molar-refractivity contribution is 7.94. The first-order valence-electron chi connectivity index (χ1n) is 5.87. The van der Waals surface area contributed by atoms with Crippen molar-refractivity contribution in [2.75, 3.05) is 10.8 Å². The Bertz CT molecular complexity index is 756. The minimum atomic E-state index is -3.93. The highest BCUT2D eigenvalue weighted by Gasteiger charge is 2.29. The number of hydrogen-bond acceptors (Lipinski definition) is 4. The molecule has 5 nitrogen and oxygen atoms in total. The monoisotopic (exact) mass is 345 g/mol. The zero-order valence-corrected chi connectivity index (χ0v) is 13.4. The number of sulfonamides is 1. The van der Waals surface area contributed by atoms with E-state index < -0.39 is 22.5 Å². The van der Waals surface area contributed by atoms with Crippen molar-refractivity contribution in [1.82, 2.24) is 0 Å². The number of thiophene rings is 1. The molecule has 0 saturated carbocycles. The Labute approximate surface area is 131 Å². The van der Waals surface area contributed by atoms with Crippen molar-refractivity contribution in [3.05, 3.63) is 46.3 Å². The molecule has 0 aliphatic carbocycles. The number of benzene rings is 1. The summed E-state index contributed by atoms with van der Waals surface area (Å²) in [4.78, 5) is 11.1. The van der Waals surface area contributed by atoms with Crippen LogP contribution in [-0.2, 0) is 14.8 Å². The Morgan fingerprint density at radius 1 is 1.33 bits per heavy atom. The van der Waals surface area contributed by atoms with E-state index in [1.54, 1.807) is 30.5 Å². The lowest BCUT2D eigenvalue weighted by molar-refractivity contribution is -0.135. The molecule has 1 N–H and O–H groups in total. The molecular formula is C13H12ClNO4S2. The highest BCUT2D eigenvalue weighted by Crippen LogP contribution is 2.31. The van der Waals surface area contributed by atoms with Crippen LogP contribution in [0.5, 0.6) is 0 Å². The van der Waals surface area contributed by atoms with E-state index in [4.69, 9.17) is 16.7 Å². The molecule has 2 aromatic rings. The van der Waals surface area contributed by atoms with Crippen LogP contribution in [0.4, 0.5) is 5.69 Å². The van der Waals surface area contributed by atoms with Crippen LogP contribution in [0.2, 0.25) is 5.02 Å². The SMILES string of the molecule is Cc1c(Cl)cccc1N(CC(=O)O)S(=O)(=O)c1cccs1. The molecule has 112 valence electrons. The molecule has 1 aromatic heterocycles. The molecule has 21 heavy (non-hydrogen) atoms. The minimum absolute atomic E-state index is 0.0862. The number of aliphatic carboxylic acids is 1. The predicted molar refractivity (Wildman–Crippen MR) is 82.7 cm³/mol. The quantitative estimate of drug-likeness (QED) is 0.904. The Kier molecular flexibility index (Phi) is 4.55. The minimum Gasteiger partial charge on any atom is -0.480 e. The van der Waals surface area contributed by atoms with E-state index in [-0.39, 0.29) is 9.90 Å². The predicted octanol–water partition coefficient (Wildman–Crippen LogP) is 2.99. The maximum absolute atomic E-state index is 12.6. The topological polar surface area (TPSA) is 74.7 Å². The Hall–Kier alpha value is -1.57. The van der Waals surface area contributed by atoms with Gasteiger partial charge >= 0.3 is 5.97 Å². The van der Waals surface area contributed by atoms with Gasteiger partial charge < -0.3 is 5.11 Å². The zero-order chi connectivity index (χ0) is 15.6. The van der Waals surface area contributed by atoms with Gasteiger partial charge in [0.2, 0.25) is 0 Å². The summed E-state index contributed by atoms with van der Waals surface area (Å²) in [5, 5.41) is 11.0. The number of carboxylic acid groups (broad SMARTS) is 1. The van der Waals surface area contributed by atoms with E-state index in [1.807, 2.05) is 0 Å². The Morgan fingerprint density at radius 2 is 2.05 bits per heavy atom. The van der Waals surface area contributed by atoms with Crippen molar-refractivity contribution in [2.45, 2.75) is 11.1 Å². The van der Waals surface area contributed by atoms with Crippen LogP contribution in [0.1, 0.15) is 5.56 Å². The lowest BCUT2D eigenvalue weighted by Crippen LogP contribution is -2.35. The zero-order valence-electron chi connectivity index (χ0n) is 11.0. The van der Waals surface area contributed by atoms with Gasteiger partial charge in [0.05, 0.1) is 5.69 Å². The molecule has 8 heteroatoms. The first-order chi connectivity index (χ1) is 9.84. The molecule has 0 aliphatic heterocycles. The third kappa shape index (κ3) is 3.20. The summed E-state index contributed by atoms with van der Waals surface area (Å²) >= 11 is 7.04. The van der Waals surface area contributed by atoms with Crippen LogP contribution in [0, 0.1) is 6.92 Å². The highest BCUT2D eigenvalue weighted by atomic mass is 35.5. The van der Waals surface area contributed by atoms with Crippen LogP contribution < -0.4 is 4.31 Å². The molecule has 0 fully saturated rings. The molecule has 0 radical (unpaired) electrons. The van der Waals surface area contributed by atoms with Crippen molar-refractivity contribution >= 4 is 44.6 Å². The number of carboxylic acids is 1. The summed E-state index contributed by atoms with van der Waals surface area (Å²) in [6.07, 6.45) is 0. The molecule has 1 heterocycles. The van der Waals surface area contributed by atoms with E-state index in [9.17, 15) is 13.2 Å². The molecule has 2 rings (SSSR count). The first kappa shape index (κ1) is 15.8. The average Bonchev–Trinajstić information content (AvgIpc) is 2.94. The maximum Gasteiger partial charge on any atom is 0.324 e. The van der Waals surface area contributed by atoms with Crippen molar-refractivity contribution in [2.24, 2.45) is 0 Å². The van der Waals surface area contributed by atoms with Crippen LogP contribution in [0.15, 0.2) is 39.9 Å². The van der Waals surface area contributed by atoms with Crippen molar-refractivity contribution < 1.29 is 18.3 Å². The van der Waals surface area contributed by atoms with Gasteiger partial charge in [0.15, 0.2) is 0 Å². The Balaban J connectivity index is 2.59. The van der Waals surface area contributed by atoms with Crippen LogP contribution in [0.3, 0.4) is 0 Å². The smallest absolute Gasteiger partial charge is 0.324 e. The van der Waals surface area contributed by atoms with Gasteiger partial charge in [-0.1, -0.05) is 23.7 Å². The fourth-order valence-electron chi connectivity index (χ4n) is 1.81.